The van der Waals surface area contributed by atoms with Crippen molar-refractivity contribution in [3.63, 3.8) is 0 Å². The molecule has 0 aromatic carbocycles. The van der Waals surface area contributed by atoms with Gasteiger partial charge in [0.25, 0.3) is 0 Å². The molecule has 1 heterocycles. The van der Waals surface area contributed by atoms with Crippen molar-refractivity contribution in [1.82, 2.24) is 15.3 Å². The molecule has 1 rings (SSSR count). The highest BCUT2D eigenvalue weighted by atomic mass is 35.5. The second-order valence-corrected chi connectivity index (χ2v) is 4.53. The van der Waals surface area contributed by atoms with Gasteiger partial charge >= 0.3 is 0 Å². The Bertz CT molecular complexity index is 556. The Morgan fingerprint density at radius 3 is 2.50 bits per heavy atom. The number of likely N-dealkylation sites (N-methyl/N-ethyl adjacent to an activating group) is 1. The number of aromatic nitrogens is 2. The number of rotatable bonds is 5. The summed E-state index contributed by atoms with van der Waals surface area (Å²) in [5.41, 5.74) is 1.21. The van der Waals surface area contributed by atoms with Crippen molar-refractivity contribution in [2.45, 2.75) is 34.1 Å². The van der Waals surface area contributed by atoms with Crippen LogP contribution in [0.3, 0.4) is 0 Å². The number of carbonyl (C=O) groups excluding carboxylic acids is 1. The average molecular weight is 345 g/mol. The summed E-state index contributed by atoms with van der Waals surface area (Å²) in [5.74, 6) is 0.194. The molecule has 0 unspecified atom stereocenters. The number of nitrogens with zero attached hydrogens (tertiary/aromatic N) is 2. The Kier molecular flexibility index (Phi) is 10.2. The van der Waals surface area contributed by atoms with E-state index in [1.165, 1.54) is 6.20 Å². The number of hydrogen-bond donors (Lipinski definition) is 2. The molecule has 0 aliphatic heterocycles. The van der Waals surface area contributed by atoms with E-state index < -0.39 is 0 Å². The van der Waals surface area contributed by atoms with Gasteiger partial charge in [0.05, 0.1) is 6.20 Å². The van der Waals surface area contributed by atoms with E-state index in [-0.39, 0.29) is 11.2 Å². The van der Waals surface area contributed by atoms with E-state index in [1.54, 1.807) is 13.1 Å². The highest BCUT2D eigenvalue weighted by Gasteiger charge is 2.13. The van der Waals surface area contributed by atoms with E-state index in [2.05, 4.69) is 20.6 Å². The van der Waals surface area contributed by atoms with Gasteiger partial charge in [-0.3, -0.25) is 4.79 Å². The molecule has 2 N–H and O–H groups in total. The molecule has 0 spiro atoms. The molecule has 0 aliphatic carbocycles. The maximum absolute atomic E-state index is 11.9. The number of amides is 1. The molecule has 0 aliphatic rings. The van der Waals surface area contributed by atoms with Gasteiger partial charge in [-0.2, -0.15) is 4.98 Å². The van der Waals surface area contributed by atoms with Gasteiger partial charge in [0.1, 0.15) is 5.02 Å². The Morgan fingerprint density at radius 1 is 1.36 bits per heavy atom. The summed E-state index contributed by atoms with van der Waals surface area (Å²) in [7, 11) is 1.58. The van der Waals surface area contributed by atoms with E-state index in [9.17, 15) is 4.79 Å². The molecule has 1 aromatic heterocycles. The van der Waals surface area contributed by atoms with Crippen LogP contribution in [-0.2, 0) is 4.79 Å². The average Bonchev–Trinajstić information content (AvgIpc) is 2.53. The summed E-state index contributed by atoms with van der Waals surface area (Å²) >= 11 is 11.8. The van der Waals surface area contributed by atoms with Crippen LogP contribution in [0.2, 0.25) is 10.3 Å². The van der Waals surface area contributed by atoms with Crippen molar-refractivity contribution in [2.75, 3.05) is 12.4 Å². The van der Waals surface area contributed by atoms with Gasteiger partial charge in [0.15, 0.2) is 5.82 Å². The molecule has 0 atom stereocenters. The van der Waals surface area contributed by atoms with E-state index in [4.69, 9.17) is 23.2 Å². The van der Waals surface area contributed by atoms with E-state index in [1.807, 2.05) is 33.8 Å². The van der Waals surface area contributed by atoms with Crippen LogP contribution in [0.1, 0.15) is 34.1 Å². The van der Waals surface area contributed by atoms with Gasteiger partial charge in [-0.05, 0) is 31.0 Å². The fraction of sp³-hybridized carbons (Fsp3) is 0.400. The highest BCUT2D eigenvalue weighted by molar-refractivity contribution is 6.33. The molecule has 0 saturated heterocycles. The SMILES string of the molecule is C/C=C\C(Nc1nc(Cl)ncc1Cl)=C(/CC)C(=O)NC.CC. The first kappa shape index (κ1) is 20.4. The number of nitrogens with one attached hydrogen (secondary N) is 2. The Labute approximate surface area is 141 Å². The van der Waals surface area contributed by atoms with Crippen LogP contribution in [0.4, 0.5) is 5.82 Å². The molecule has 0 fully saturated rings. The molecule has 122 valence electrons. The first-order valence-corrected chi connectivity index (χ1v) is 7.82. The minimum atomic E-state index is -0.163. The van der Waals surface area contributed by atoms with Crippen molar-refractivity contribution in [3.05, 3.63) is 39.9 Å². The van der Waals surface area contributed by atoms with Gasteiger partial charge < -0.3 is 10.6 Å². The number of halogens is 2. The van der Waals surface area contributed by atoms with Crippen molar-refractivity contribution in [2.24, 2.45) is 0 Å². The van der Waals surface area contributed by atoms with Gasteiger partial charge in [-0.15, -0.1) is 0 Å². The maximum atomic E-state index is 11.9. The van der Waals surface area contributed by atoms with Crippen LogP contribution in [0, 0.1) is 0 Å². The van der Waals surface area contributed by atoms with Crippen molar-refractivity contribution in [3.8, 4) is 0 Å². The maximum Gasteiger partial charge on any atom is 0.249 e. The fourth-order valence-corrected chi connectivity index (χ4v) is 1.84. The third kappa shape index (κ3) is 6.03. The van der Waals surface area contributed by atoms with Crippen molar-refractivity contribution >= 4 is 34.9 Å². The van der Waals surface area contributed by atoms with Crippen LogP contribution >= 0.6 is 23.2 Å². The Hall–Kier alpha value is -1.59. The van der Waals surface area contributed by atoms with Crippen LogP contribution in [0.5, 0.6) is 0 Å². The largest absolute Gasteiger partial charge is 0.355 e. The molecule has 5 nitrogen and oxygen atoms in total. The van der Waals surface area contributed by atoms with Crippen LogP contribution in [0.15, 0.2) is 29.6 Å². The van der Waals surface area contributed by atoms with Crippen LogP contribution < -0.4 is 10.6 Å². The van der Waals surface area contributed by atoms with E-state index in [0.29, 0.717) is 28.5 Å². The minimum Gasteiger partial charge on any atom is -0.355 e. The van der Waals surface area contributed by atoms with Gasteiger partial charge in [-0.25, -0.2) is 4.98 Å². The lowest BCUT2D eigenvalue weighted by Gasteiger charge is -2.13. The lowest BCUT2D eigenvalue weighted by Crippen LogP contribution is -2.22. The van der Waals surface area contributed by atoms with Crippen molar-refractivity contribution < 1.29 is 4.79 Å². The highest BCUT2D eigenvalue weighted by Crippen LogP contribution is 2.23. The zero-order chi connectivity index (χ0) is 17.1. The number of allylic oxidation sites excluding steroid dienone is 2. The Balaban J connectivity index is 0.00000211. The topological polar surface area (TPSA) is 66.9 Å². The molecular formula is C15H22Cl2N4O. The Morgan fingerprint density at radius 2 is 2.00 bits per heavy atom. The monoisotopic (exact) mass is 344 g/mol. The third-order valence-corrected chi connectivity index (χ3v) is 2.94. The van der Waals surface area contributed by atoms with E-state index >= 15 is 0 Å². The van der Waals surface area contributed by atoms with Gasteiger partial charge in [0.2, 0.25) is 11.2 Å². The number of carbonyl (C=O) groups is 1. The fourth-order valence-electron chi connectivity index (χ4n) is 1.57. The number of hydrogen-bond acceptors (Lipinski definition) is 4. The molecule has 0 bridgehead atoms. The van der Waals surface area contributed by atoms with Crippen LogP contribution in [0.25, 0.3) is 0 Å². The normalized spacial score (nSPS) is 11.4. The van der Waals surface area contributed by atoms with E-state index in [0.717, 1.165) is 0 Å². The second kappa shape index (κ2) is 11.0. The standard InChI is InChI=1S/C13H16Cl2N4O.C2H6/c1-4-6-10(8(5-2)12(20)16-3)18-11-9(14)7-17-13(15)19-11;1-2/h4,6-7H,5H2,1-3H3,(H,16,20)(H,17,18,19);1-2H3/b6-4-,10-8-;. The zero-order valence-corrected chi connectivity index (χ0v) is 15.0. The lowest BCUT2D eigenvalue weighted by atomic mass is 10.1. The first-order valence-electron chi connectivity index (χ1n) is 7.06. The molecule has 1 aromatic rings. The van der Waals surface area contributed by atoms with Gasteiger partial charge in [-0.1, -0.05) is 38.4 Å². The summed E-state index contributed by atoms with van der Waals surface area (Å²) in [6.07, 6.45) is 5.55. The summed E-state index contributed by atoms with van der Waals surface area (Å²) in [4.78, 5) is 19.7. The number of anilines is 1. The summed E-state index contributed by atoms with van der Waals surface area (Å²) in [6.45, 7) is 7.75. The molecule has 22 heavy (non-hydrogen) atoms. The lowest BCUT2D eigenvalue weighted by molar-refractivity contribution is -0.117. The smallest absolute Gasteiger partial charge is 0.249 e. The zero-order valence-electron chi connectivity index (χ0n) is 13.5. The molecule has 1 amide bonds. The summed E-state index contributed by atoms with van der Waals surface area (Å²) in [6, 6.07) is 0. The quantitative estimate of drug-likeness (QED) is 0.477. The third-order valence-electron chi connectivity index (χ3n) is 2.48. The first-order chi connectivity index (χ1) is 10.5. The van der Waals surface area contributed by atoms with Crippen molar-refractivity contribution in [1.29, 1.82) is 0 Å². The van der Waals surface area contributed by atoms with Crippen LogP contribution in [-0.4, -0.2) is 22.9 Å². The predicted octanol–water partition coefficient (Wildman–Crippen LogP) is 4.21. The minimum absolute atomic E-state index is 0.0784. The molecule has 7 heteroatoms. The van der Waals surface area contributed by atoms with Gasteiger partial charge in [0, 0.05) is 18.3 Å². The molecular weight excluding hydrogens is 323 g/mol. The second-order valence-electron chi connectivity index (χ2n) is 3.79. The predicted molar refractivity (Wildman–Crippen MR) is 93.2 cm³/mol. The molecule has 0 saturated carbocycles. The summed E-state index contributed by atoms with van der Waals surface area (Å²) < 4.78 is 0. The summed E-state index contributed by atoms with van der Waals surface area (Å²) in [5, 5.41) is 6.03. The molecule has 0 radical (unpaired) electrons.